The molecule has 0 aromatic heterocycles. The number of hydrogen-bond donors (Lipinski definition) is 1. The van der Waals surface area contributed by atoms with Crippen LogP contribution in [-0.2, 0) is 9.59 Å². The first-order chi connectivity index (χ1) is 14.4. The highest BCUT2D eigenvalue weighted by Crippen LogP contribution is 2.35. The van der Waals surface area contributed by atoms with E-state index in [1.165, 1.54) is 16.7 Å². The van der Waals surface area contributed by atoms with E-state index < -0.39 is 12.6 Å². The minimum absolute atomic E-state index is 0.170. The van der Waals surface area contributed by atoms with E-state index in [0.29, 0.717) is 38.9 Å². The molecule has 0 aliphatic carbocycles. The number of thioether (sulfide) groups is 1. The minimum atomic E-state index is -1.08. The van der Waals surface area contributed by atoms with Gasteiger partial charge in [0.25, 0.3) is 5.91 Å². The average molecular weight is 447 g/mol. The third-order valence-electron chi connectivity index (χ3n) is 3.97. The fraction of sp³-hybridized carbons (Fsp3) is 0.190. The second-order valence-electron chi connectivity index (χ2n) is 6.17. The Labute approximate surface area is 183 Å². The lowest BCUT2D eigenvalue weighted by Gasteiger charge is -2.11. The minimum Gasteiger partial charge on any atom is -0.490 e. The predicted molar refractivity (Wildman–Crippen MR) is 118 cm³/mol. The summed E-state index contributed by atoms with van der Waals surface area (Å²) in [5, 5.41) is 9.97. The van der Waals surface area contributed by atoms with Crippen LogP contribution >= 0.6 is 23.4 Å². The maximum absolute atomic E-state index is 12.6. The number of aliphatic imine (C=N–C) groups is 1. The number of amidine groups is 1. The summed E-state index contributed by atoms with van der Waals surface area (Å²) in [6, 6.07) is 12.1. The summed E-state index contributed by atoms with van der Waals surface area (Å²) in [6.45, 7) is 1.73. The van der Waals surface area contributed by atoms with Crippen molar-refractivity contribution in [3.63, 3.8) is 0 Å². The normalized spacial score (nSPS) is 16.4. The Hall–Kier alpha value is -2.97. The molecular weight excluding hydrogens is 428 g/mol. The number of carboxylic acid groups (broad SMARTS) is 1. The predicted octanol–water partition coefficient (Wildman–Crippen LogP) is 4.44. The zero-order chi connectivity index (χ0) is 21.7. The molecule has 0 radical (unpaired) electrons. The molecule has 1 N–H and O–H groups in total. The molecule has 7 nitrogen and oxygen atoms in total. The van der Waals surface area contributed by atoms with Gasteiger partial charge in [-0.25, -0.2) is 9.79 Å². The van der Waals surface area contributed by atoms with Crippen molar-refractivity contribution in [3.05, 3.63) is 58.0 Å². The van der Waals surface area contributed by atoms with Gasteiger partial charge in [0.15, 0.2) is 23.3 Å². The van der Waals surface area contributed by atoms with Crippen molar-refractivity contribution < 1.29 is 24.2 Å². The molecule has 0 unspecified atom stereocenters. The molecule has 1 heterocycles. The van der Waals surface area contributed by atoms with Gasteiger partial charge < -0.3 is 14.6 Å². The van der Waals surface area contributed by atoms with Crippen LogP contribution in [0.15, 0.2) is 52.4 Å². The Morgan fingerprint density at radius 3 is 2.60 bits per heavy atom. The molecule has 2 aromatic carbocycles. The molecule has 1 aliphatic heterocycles. The topological polar surface area (TPSA) is 88.4 Å². The molecule has 1 fully saturated rings. The SMILES string of the molecule is CCOc1cc(/C=C2\SC(=Nc3ccc(Cl)cc3)N(C)C2=O)ccc1OCC(=O)O. The van der Waals surface area contributed by atoms with Crippen LogP contribution in [0.2, 0.25) is 5.02 Å². The van der Waals surface area contributed by atoms with Crippen molar-refractivity contribution in [1.82, 2.24) is 4.90 Å². The monoisotopic (exact) mass is 446 g/mol. The molecule has 9 heteroatoms. The lowest BCUT2D eigenvalue weighted by molar-refractivity contribution is -0.139. The maximum Gasteiger partial charge on any atom is 0.341 e. The van der Waals surface area contributed by atoms with Crippen molar-refractivity contribution in [2.45, 2.75) is 6.92 Å². The highest BCUT2D eigenvalue weighted by molar-refractivity contribution is 8.18. The molecule has 2 aromatic rings. The van der Waals surface area contributed by atoms with Crippen molar-refractivity contribution in [2.24, 2.45) is 4.99 Å². The van der Waals surface area contributed by atoms with Crippen LogP contribution in [0.5, 0.6) is 11.5 Å². The molecule has 0 saturated carbocycles. The molecule has 156 valence electrons. The van der Waals surface area contributed by atoms with Crippen LogP contribution in [0.1, 0.15) is 12.5 Å². The van der Waals surface area contributed by atoms with Gasteiger partial charge in [-0.15, -0.1) is 0 Å². The van der Waals surface area contributed by atoms with Crippen molar-refractivity contribution >= 4 is 52.2 Å². The number of likely N-dealkylation sites (N-methyl/N-ethyl adjacent to an activating group) is 1. The zero-order valence-electron chi connectivity index (χ0n) is 16.3. The maximum atomic E-state index is 12.6. The van der Waals surface area contributed by atoms with Gasteiger partial charge in [0.05, 0.1) is 17.2 Å². The number of carbonyl (C=O) groups excluding carboxylic acids is 1. The van der Waals surface area contributed by atoms with Crippen LogP contribution in [0, 0.1) is 0 Å². The first-order valence-electron chi connectivity index (χ1n) is 9.00. The smallest absolute Gasteiger partial charge is 0.341 e. The first kappa shape index (κ1) is 21.7. The van der Waals surface area contributed by atoms with Crippen molar-refractivity contribution in [2.75, 3.05) is 20.3 Å². The van der Waals surface area contributed by atoms with Gasteiger partial charge in [-0.1, -0.05) is 17.7 Å². The molecule has 0 atom stereocenters. The highest BCUT2D eigenvalue weighted by Gasteiger charge is 2.30. The van der Waals surface area contributed by atoms with E-state index in [0.717, 1.165) is 5.56 Å². The fourth-order valence-electron chi connectivity index (χ4n) is 2.57. The summed E-state index contributed by atoms with van der Waals surface area (Å²) >= 11 is 7.16. The third-order valence-corrected chi connectivity index (χ3v) is 5.28. The van der Waals surface area contributed by atoms with E-state index >= 15 is 0 Å². The fourth-order valence-corrected chi connectivity index (χ4v) is 3.68. The second-order valence-corrected chi connectivity index (χ2v) is 7.61. The van der Waals surface area contributed by atoms with Crippen molar-refractivity contribution in [3.8, 4) is 11.5 Å². The molecule has 0 bridgehead atoms. The van der Waals surface area contributed by atoms with Crippen LogP contribution < -0.4 is 9.47 Å². The first-order valence-corrected chi connectivity index (χ1v) is 10.2. The summed E-state index contributed by atoms with van der Waals surface area (Å²) in [5.74, 6) is -0.509. The largest absolute Gasteiger partial charge is 0.490 e. The second kappa shape index (κ2) is 9.69. The Balaban J connectivity index is 1.85. The number of carbonyl (C=O) groups is 2. The van der Waals surface area contributed by atoms with Gasteiger partial charge in [-0.05, 0) is 66.7 Å². The number of nitrogens with zero attached hydrogens (tertiary/aromatic N) is 2. The number of rotatable bonds is 7. The van der Waals surface area contributed by atoms with Gasteiger partial charge in [-0.2, -0.15) is 0 Å². The van der Waals surface area contributed by atoms with E-state index in [9.17, 15) is 9.59 Å². The van der Waals surface area contributed by atoms with Gasteiger partial charge >= 0.3 is 5.97 Å². The van der Waals surface area contributed by atoms with Crippen LogP contribution in [0.25, 0.3) is 6.08 Å². The number of hydrogen-bond acceptors (Lipinski definition) is 6. The van der Waals surface area contributed by atoms with E-state index in [1.807, 2.05) is 6.92 Å². The Morgan fingerprint density at radius 2 is 1.93 bits per heavy atom. The Morgan fingerprint density at radius 1 is 1.20 bits per heavy atom. The Bertz CT molecular complexity index is 1020. The highest BCUT2D eigenvalue weighted by atomic mass is 35.5. The summed E-state index contributed by atoms with van der Waals surface area (Å²) in [5.41, 5.74) is 1.42. The number of carboxylic acids is 1. The third kappa shape index (κ3) is 5.34. The molecule has 1 amide bonds. The lowest BCUT2D eigenvalue weighted by Crippen LogP contribution is -2.23. The van der Waals surface area contributed by atoms with Crippen LogP contribution in [0.4, 0.5) is 5.69 Å². The standard InChI is InChI=1S/C21H19ClN2O5S/c1-3-28-17-10-13(4-9-16(17)29-12-19(25)26)11-18-20(27)24(2)21(30-18)23-15-7-5-14(22)6-8-15/h4-11H,3,12H2,1-2H3,(H,25,26)/b18-11-,23-21?. The van der Waals surface area contributed by atoms with Crippen LogP contribution in [-0.4, -0.2) is 47.3 Å². The van der Waals surface area contributed by atoms with E-state index in [2.05, 4.69) is 4.99 Å². The summed E-state index contributed by atoms with van der Waals surface area (Å²) < 4.78 is 10.8. The van der Waals surface area contributed by atoms with Crippen LogP contribution in [0.3, 0.4) is 0 Å². The number of halogens is 1. The number of benzene rings is 2. The van der Waals surface area contributed by atoms with E-state index in [-0.39, 0.29) is 5.91 Å². The molecule has 30 heavy (non-hydrogen) atoms. The van der Waals surface area contributed by atoms with Gasteiger partial charge in [0, 0.05) is 12.1 Å². The van der Waals surface area contributed by atoms with Crippen molar-refractivity contribution in [1.29, 1.82) is 0 Å². The quantitative estimate of drug-likeness (QED) is 0.633. The molecule has 3 rings (SSSR count). The van der Waals surface area contributed by atoms with E-state index in [4.69, 9.17) is 26.2 Å². The van der Waals surface area contributed by atoms with Gasteiger partial charge in [0.2, 0.25) is 0 Å². The number of amides is 1. The van der Waals surface area contributed by atoms with E-state index in [1.54, 1.807) is 55.6 Å². The molecule has 1 saturated heterocycles. The summed E-state index contributed by atoms with van der Waals surface area (Å²) in [6.07, 6.45) is 1.73. The van der Waals surface area contributed by atoms with Gasteiger partial charge in [0.1, 0.15) is 0 Å². The number of ether oxygens (including phenoxy) is 2. The average Bonchev–Trinajstić information content (AvgIpc) is 2.97. The zero-order valence-corrected chi connectivity index (χ0v) is 17.9. The van der Waals surface area contributed by atoms with Gasteiger partial charge in [-0.3, -0.25) is 9.69 Å². The molecule has 1 aliphatic rings. The summed E-state index contributed by atoms with van der Waals surface area (Å²) in [4.78, 5) is 29.9. The molecule has 0 spiro atoms. The summed E-state index contributed by atoms with van der Waals surface area (Å²) in [7, 11) is 1.67. The molecular formula is C21H19ClN2O5S. The Kier molecular flexibility index (Phi) is 7.02. The number of aliphatic carboxylic acids is 1. The lowest BCUT2D eigenvalue weighted by atomic mass is 10.2.